The molecule has 2 heterocycles. The number of aromatic nitrogens is 5. The molecule has 0 fully saturated rings. The Kier molecular flexibility index (Phi) is 3.96. The van der Waals surface area contributed by atoms with Crippen LogP contribution in [0.1, 0.15) is 25.4 Å². The molecule has 6 nitrogen and oxygen atoms in total. The Bertz CT molecular complexity index is 727. The molecule has 0 aliphatic rings. The fourth-order valence-corrected chi connectivity index (χ4v) is 2.43. The van der Waals surface area contributed by atoms with Crippen molar-refractivity contribution in [2.24, 2.45) is 0 Å². The summed E-state index contributed by atoms with van der Waals surface area (Å²) in [6, 6.07) is 8.31. The van der Waals surface area contributed by atoms with Crippen molar-refractivity contribution in [1.82, 2.24) is 29.9 Å². The lowest BCUT2D eigenvalue weighted by Crippen LogP contribution is -2.13. The topological polar surface area (TPSA) is 60.6 Å². The van der Waals surface area contributed by atoms with Gasteiger partial charge in [-0.1, -0.05) is 25.1 Å². The van der Waals surface area contributed by atoms with E-state index in [-0.39, 0.29) is 0 Å². The average Bonchev–Trinajstić information content (AvgIpc) is 3.10. The molecule has 0 aliphatic heterocycles. The van der Waals surface area contributed by atoms with Crippen LogP contribution >= 0.6 is 0 Å². The first-order chi connectivity index (χ1) is 10.3. The lowest BCUT2D eigenvalue weighted by atomic mass is 10.2. The van der Waals surface area contributed by atoms with Crippen LogP contribution in [0, 0.1) is 0 Å². The van der Waals surface area contributed by atoms with E-state index in [1.54, 1.807) is 6.33 Å². The van der Waals surface area contributed by atoms with E-state index >= 15 is 0 Å². The van der Waals surface area contributed by atoms with Crippen molar-refractivity contribution in [2.45, 2.75) is 33.5 Å². The molecule has 0 amide bonds. The fourth-order valence-electron chi connectivity index (χ4n) is 2.43. The number of para-hydroxylation sites is 1. The SMILES string of the molecule is CCNCc1ncn(Cc2nn(CC)c3ccccc23)n1. The van der Waals surface area contributed by atoms with Crippen LogP contribution in [0.4, 0.5) is 0 Å². The van der Waals surface area contributed by atoms with Crippen LogP contribution in [-0.2, 0) is 19.6 Å². The van der Waals surface area contributed by atoms with Crippen LogP contribution in [0.25, 0.3) is 10.9 Å². The second kappa shape index (κ2) is 6.05. The van der Waals surface area contributed by atoms with Crippen molar-refractivity contribution in [1.29, 1.82) is 0 Å². The highest BCUT2D eigenvalue weighted by Crippen LogP contribution is 2.18. The third-order valence-corrected chi connectivity index (χ3v) is 3.46. The molecule has 0 unspecified atom stereocenters. The van der Waals surface area contributed by atoms with Crippen LogP contribution in [0.3, 0.4) is 0 Å². The maximum Gasteiger partial charge on any atom is 0.164 e. The van der Waals surface area contributed by atoms with Crippen LogP contribution in [0.15, 0.2) is 30.6 Å². The van der Waals surface area contributed by atoms with E-state index < -0.39 is 0 Å². The van der Waals surface area contributed by atoms with Gasteiger partial charge in [0.25, 0.3) is 0 Å². The minimum atomic E-state index is 0.645. The first-order valence-electron chi connectivity index (χ1n) is 7.35. The molecular weight excluding hydrogens is 264 g/mol. The summed E-state index contributed by atoms with van der Waals surface area (Å²) in [6.07, 6.45) is 1.77. The number of hydrogen-bond donors (Lipinski definition) is 1. The fraction of sp³-hybridized carbons (Fsp3) is 0.400. The molecule has 1 N–H and O–H groups in total. The zero-order chi connectivity index (χ0) is 14.7. The van der Waals surface area contributed by atoms with E-state index in [9.17, 15) is 0 Å². The largest absolute Gasteiger partial charge is 0.310 e. The smallest absolute Gasteiger partial charge is 0.164 e. The highest BCUT2D eigenvalue weighted by atomic mass is 15.4. The first-order valence-corrected chi connectivity index (χ1v) is 7.35. The summed E-state index contributed by atoms with van der Waals surface area (Å²) < 4.78 is 3.88. The second-order valence-electron chi connectivity index (χ2n) is 4.92. The number of aryl methyl sites for hydroxylation is 1. The Labute approximate surface area is 123 Å². The number of hydrogen-bond acceptors (Lipinski definition) is 4. The van der Waals surface area contributed by atoms with Gasteiger partial charge in [-0.3, -0.25) is 4.68 Å². The molecular formula is C15H20N6. The molecule has 1 aromatic carbocycles. The highest BCUT2D eigenvalue weighted by Gasteiger charge is 2.10. The van der Waals surface area contributed by atoms with Gasteiger partial charge in [0.05, 0.1) is 24.3 Å². The third-order valence-electron chi connectivity index (χ3n) is 3.46. The normalized spacial score (nSPS) is 11.3. The van der Waals surface area contributed by atoms with Crippen molar-refractivity contribution in [3.05, 3.63) is 42.1 Å². The predicted octanol–water partition coefficient (Wildman–Crippen LogP) is 1.81. The maximum atomic E-state index is 4.69. The van der Waals surface area contributed by atoms with E-state index in [0.717, 1.165) is 24.6 Å². The van der Waals surface area contributed by atoms with Crippen LogP contribution < -0.4 is 5.32 Å². The number of nitrogens with zero attached hydrogens (tertiary/aromatic N) is 5. The van der Waals surface area contributed by atoms with Gasteiger partial charge in [0, 0.05) is 11.9 Å². The van der Waals surface area contributed by atoms with Gasteiger partial charge < -0.3 is 5.32 Å². The van der Waals surface area contributed by atoms with E-state index in [2.05, 4.69) is 46.5 Å². The maximum absolute atomic E-state index is 4.69. The van der Waals surface area contributed by atoms with Gasteiger partial charge >= 0.3 is 0 Å². The Morgan fingerprint density at radius 3 is 2.81 bits per heavy atom. The van der Waals surface area contributed by atoms with Gasteiger partial charge in [0.15, 0.2) is 5.82 Å². The molecule has 6 heteroatoms. The average molecular weight is 284 g/mol. The number of rotatable bonds is 6. The molecule has 0 saturated heterocycles. The summed E-state index contributed by atoms with van der Waals surface area (Å²) in [7, 11) is 0. The van der Waals surface area contributed by atoms with E-state index in [1.165, 1.54) is 10.9 Å². The molecule has 0 aliphatic carbocycles. The number of benzene rings is 1. The zero-order valence-electron chi connectivity index (χ0n) is 12.5. The molecule has 21 heavy (non-hydrogen) atoms. The molecule has 3 aromatic rings. The summed E-state index contributed by atoms with van der Waals surface area (Å²) in [5, 5.41) is 13.6. The number of nitrogens with one attached hydrogen (secondary N) is 1. The Hall–Kier alpha value is -2.21. The lowest BCUT2D eigenvalue weighted by Gasteiger charge is -1.98. The molecule has 0 radical (unpaired) electrons. The molecule has 2 aromatic heterocycles. The molecule has 0 atom stereocenters. The van der Waals surface area contributed by atoms with E-state index in [0.29, 0.717) is 13.1 Å². The molecule has 110 valence electrons. The van der Waals surface area contributed by atoms with Gasteiger partial charge in [-0.15, -0.1) is 0 Å². The van der Waals surface area contributed by atoms with Crippen molar-refractivity contribution >= 4 is 10.9 Å². The summed E-state index contributed by atoms with van der Waals surface area (Å²) in [4.78, 5) is 4.31. The molecule has 0 spiro atoms. The Morgan fingerprint density at radius 1 is 1.14 bits per heavy atom. The lowest BCUT2D eigenvalue weighted by molar-refractivity contribution is 0.613. The van der Waals surface area contributed by atoms with Crippen LogP contribution in [0.2, 0.25) is 0 Å². The van der Waals surface area contributed by atoms with Gasteiger partial charge in [-0.25, -0.2) is 9.67 Å². The van der Waals surface area contributed by atoms with Crippen molar-refractivity contribution < 1.29 is 0 Å². The van der Waals surface area contributed by atoms with Gasteiger partial charge in [-0.05, 0) is 19.5 Å². The van der Waals surface area contributed by atoms with Crippen LogP contribution in [0.5, 0.6) is 0 Å². The summed E-state index contributed by atoms with van der Waals surface area (Å²) in [6.45, 7) is 7.30. The van der Waals surface area contributed by atoms with Gasteiger partial charge in [0.2, 0.25) is 0 Å². The Balaban J connectivity index is 1.86. The summed E-state index contributed by atoms with van der Waals surface area (Å²) in [5.74, 6) is 0.816. The van der Waals surface area contributed by atoms with Gasteiger partial charge in [0.1, 0.15) is 6.33 Å². The Morgan fingerprint density at radius 2 is 2.00 bits per heavy atom. The van der Waals surface area contributed by atoms with Gasteiger partial charge in [-0.2, -0.15) is 10.2 Å². The molecule has 0 saturated carbocycles. The monoisotopic (exact) mass is 284 g/mol. The quantitative estimate of drug-likeness (QED) is 0.750. The summed E-state index contributed by atoms with van der Waals surface area (Å²) in [5.41, 5.74) is 2.20. The molecule has 3 rings (SSSR count). The zero-order valence-corrected chi connectivity index (χ0v) is 12.5. The standard InChI is InChI=1S/C15H20N6/c1-3-16-9-15-17-11-20(19-15)10-13-12-7-5-6-8-14(12)21(4-2)18-13/h5-8,11,16H,3-4,9-10H2,1-2H3. The van der Waals surface area contributed by atoms with E-state index in [1.807, 2.05) is 21.5 Å². The second-order valence-corrected chi connectivity index (χ2v) is 4.92. The van der Waals surface area contributed by atoms with Crippen molar-refractivity contribution in [3.63, 3.8) is 0 Å². The van der Waals surface area contributed by atoms with Crippen molar-refractivity contribution in [3.8, 4) is 0 Å². The van der Waals surface area contributed by atoms with E-state index in [4.69, 9.17) is 0 Å². The minimum Gasteiger partial charge on any atom is -0.310 e. The predicted molar refractivity (Wildman–Crippen MR) is 81.9 cm³/mol. The summed E-state index contributed by atoms with van der Waals surface area (Å²) >= 11 is 0. The van der Waals surface area contributed by atoms with Crippen LogP contribution in [-0.4, -0.2) is 31.1 Å². The minimum absolute atomic E-state index is 0.645. The first kappa shape index (κ1) is 13.8. The molecule has 0 bridgehead atoms. The number of fused-ring (bicyclic) bond motifs is 1. The highest BCUT2D eigenvalue weighted by molar-refractivity contribution is 5.81. The van der Waals surface area contributed by atoms with Crippen molar-refractivity contribution in [2.75, 3.05) is 6.54 Å². The third kappa shape index (κ3) is 2.80.